The monoisotopic (exact) mass is 553 g/mol. The summed E-state index contributed by atoms with van der Waals surface area (Å²) in [6.45, 7) is 7.10. The van der Waals surface area contributed by atoms with Gasteiger partial charge in [-0.3, -0.25) is 9.59 Å². The number of aliphatic hydroxyl groups is 1. The third-order valence-electron chi connectivity index (χ3n) is 7.63. The van der Waals surface area contributed by atoms with Crippen molar-refractivity contribution >= 4 is 17.5 Å². The summed E-state index contributed by atoms with van der Waals surface area (Å²) in [7, 11) is 5.68. The van der Waals surface area contributed by atoms with E-state index >= 15 is 0 Å². The van der Waals surface area contributed by atoms with Gasteiger partial charge in [0.25, 0.3) is 5.91 Å². The Morgan fingerprint density at radius 3 is 2.50 bits per heavy atom. The normalized spacial score (nSPS) is 21.5. The standard InChI is InChI=1S/C32H47N3O5/c1-23-20-35(24(2)22-36)32(38)28-19-27(33(4)5)15-16-29(28)40-25(3)12-10-11-17-39-30(23)21-34(6)31(37)18-26-13-8-7-9-14-26/h7-9,13-16,19,23-25,30,36H,10-12,17-18,20-22H2,1-6H3/t23-,24+,25+,30-/m1/s1. The molecule has 8 nitrogen and oxygen atoms in total. The van der Waals surface area contributed by atoms with Gasteiger partial charge in [0.15, 0.2) is 0 Å². The molecular formula is C32H47N3O5. The van der Waals surface area contributed by atoms with E-state index in [2.05, 4.69) is 0 Å². The molecule has 0 saturated heterocycles. The van der Waals surface area contributed by atoms with E-state index in [1.54, 1.807) is 9.80 Å². The first-order valence-corrected chi connectivity index (χ1v) is 14.4. The van der Waals surface area contributed by atoms with E-state index in [1.165, 1.54) is 0 Å². The maximum atomic E-state index is 14.1. The first-order valence-electron chi connectivity index (χ1n) is 14.4. The van der Waals surface area contributed by atoms with Gasteiger partial charge in [0, 0.05) is 52.4 Å². The summed E-state index contributed by atoms with van der Waals surface area (Å²) in [5.74, 6) is 0.299. The smallest absolute Gasteiger partial charge is 0.258 e. The topological polar surface area (TPSA) is 82.6 Å². The lowest BCUT2D eigenvalue weighted by molar-refractivity contribution is -0.131. The number of hydrogen-bond donors (Lipinski definition) is 1. The molecule has 3 rings (SSSR count). The van der Waals surface area contributed by atoms with Crippen LogP contribution in [0.15, 0.2) is 48.5 Å². The summed E-state index contributed by atoms with van der Waals surface area (Å²) >= 11 is 0. The lowest BCUT2D eigenvalue weighted by Crippen LogP contribution is -2.48. The molecule has 4 atom stereocenters. The van der Waals surface area contributed by atoms with Gasteiger partial charge in [-0.05, 0) is 56.9 Å². The Morgan fingerprint density at radius 2 is 1.82 bits per heavy atom. The van der Waals surface area contributed by atoms with Crippen LogP contribution in [0, 0.1) is 5.92 Å². The highest BCUT2D eigenvalue weighted by Gasteiger charge is 2.31. The van der Waals surface area contributed by atoms with Gasteiger partial charge in [-0.25, -0.2) is 0 Å². The van der Waals surface area contributed by atoms with Gasteiger partial charge >= 0.3 is 0 Å². The van der Waals surface area contributed by atoms with Crippen LogP contribution < -0.4 is 9.64 Å². The van der Waals surface area contributed by atoms with E-state index < -0.39 is 6.04 Å². The zero-order valence-corrected chi connectivity index (χ0v) is 25.0. The number of rotatable bonds is 7. The Kier molecular flexibility index (Phi) is 11.8. The highest BCUT2D eigenvalue weighted by atomic mass is 16.5. The maximum absolute atomic E-state index is 14.1. The van der Waals surface area contributed by atoms with Crippen molar-refractivity contribution < 1.29 is 24.2 Å². The van der Waals surface area contributed by atoms with Crippen molar-refractivity contribution in [3.8, 4) is 5.75 Å². The fourth-order valence-corrected chi connectivity index (χ4v) is 4.93. The summed E-state index contributed by atoms with van der Waals surface area (Å²) in [5, 5.41) is 10.1. The average Bonchev–Trinajstić information content (AvgIpc) is 2.94. The minimum absolute atomic E-state index is 0.0224. The van der Waals surface area contributed by atoms with Crippen LogP contribution in [0.3, 0.4) is 0 Å². The highest BCUT2D eigenvalue weighted by molar-refractivity contribution is 5.98. The molecule has 2 amide bonds. The molecule has 1 aliphatic heterocycles. The van der Waals surface area contributed by atoms with Gasteiger partial charge < -0.3 is 29.3 Å². The molecule has 0 aliphatic carbocycles. The van der Waals surface area contributed by atoms with E-state index in [-0.39, 0.29) is 36.5 Å². The van der Waals surface area contributed by atoms with Crippen molar-refractivity contribution in [2.24, 2.45) is 5.92 Å². The first kappa shape index (κ1) is 31.4. The zero-order chi connectivity index (χ0) is 29.2. The lowest BCUT2D eigenvalue weighted by atomic mass is 10.0. The number of carbonyl (C=O) groups is 2. The number of aliphatic hydroxyl groups excluding tert-OH is 1. The second kappa shape index (κ2) is 15.1. The molecule has 0 fully saturated rings. The van der Waals surface area contributed by atoms with E-state index in [0.717, 1.165) is 30.5 Å². The van der Waals surface area contributed by atoms with Crippen LogP contribution in [0.5, 0.6) is 5.75 Å². The molecule has 2 aromatic rings. The molecule has 1 aliphatic rings. The molecule has 0 bridgehead atoms. The number of likely N-dealkylation sites (N-methyl/N-ethyl adjacent to an activating group) is 1. The number of hydrogen-bond acceptors (Lipinski definition) is 6. The van der Waals surface area contributed by atoms with Gasteiger partial charge in [0.2, 0.25) is 5.91 Å². The van der Waals surface area contributed by atoms with Gasteiger partial charge in [-0.2, -0.15) is 0 Å². The molecule has 0 aromatic heterocycles. The van der Waals surface area contributed by atoms with Crippen molar-refractivity contribution in [3.63, 3.8) is 0 Å². The number of carbonyl (C=O) groups excluding carboxylic acids is 2. The molecule has 0 spiro atoms. The quantitative estimate of drug-likeness (QED) is 0.552. The molecule has 0 saturated carbocycles. The second-order valence-electron chi connectivity index (χ2n) is 11.3. The first-order chi connectivity index (χ1) is 19.1. The van der Waals surface area contributed by atoms with Crippen molar-refractivity contribution in [2.45, 2.75) is 64.7 Å². The van der Waals surface area contributed by atoms with Crippen molar-refractivity contribution in [1.82, 2.24) is 9.80 Å². The van der Waals surface area contributed by atoms with E-state index in [1.807, 2.05) is 95.3 Å². The highest BCUT2D eigenvalue weighted by Crippen LogP contribution is 2.29. The summed E-state index contributed by atoms with van der Waals surface area (Å²) in [6.07, 6.45) is 2.63. The molecule has 2 aromatic carbocycles. The fourth-order valence-electron chi connectivity index (χ4n) is 4.93. The average molecular weight is 554 g/mol. The molecule has 8 heteroatoms. The van der Waals surface area contributed by atoms with E-state index in [9.17, 15) is 14.7 Å². The lowest BCUT2D eigenvalue weighted by Gasteiger charge is -2.36. The number of amides is 2. The fraction of sp³-hybridized carbons (Fsp3) is 0.562. The van der Waals surface area contributed by atoms with Gasteiger partial charge in [0.05, 0.1) is 36.8 Å². The Bertz CT molecular complexity index is 1090. The van der Waals surface area contributed by atoms with Crippen LogP contribution in [0.1, 0.15) is 56.0 Å². The number of fused-ring (bicyclic) bond motifs is 1. The second-order valence-corrected chi connectivity index (χ2v) is 11.3. The summed E-state index contributed by atoms with van der Waals surface area (Å²) in [4.78, 5) is 32.5. The predicted octanol–water partition coefficient (Wildman–Crippen LogP) is 4.25. The third kappa shape index (κ3) is 8.70. The van der Waals surface area contributed by atoms with Crippen LogP contribution >= 0.6 is 0 Å². The minimum atomic E-state index is -0.408. The molecule has 0 radical (unpaired) electrons. The number of benzene rings is 2. The maximum Gasteiger partial charge on any atom is 0.258 e. The Hall–Kier alpha value is -3.10. The number of anilines is 1. The molecular weight excluding hydrogens is 506 g/mol. The largest absolute Gasteiger partial charge is 0.490 e. The summed E-state index contributed by atoms with van der Waals surface area (Å²) < 4.78 is 12.7. The molecule has 1 N–H and O–H groups in total. The van der Waals surface area contributed by atoms with Gasteiger partial charge in [0.1, 0.15) is 5.75 Å². The van der Waals surface area contributed by atoms with Crippen molar-refractivity contribution in [2.75, 3.05) is 52.3 Å². The molecule has 0 unspecified atom stereocenters. The molecule has 220 valence electrons. The Labute approximate surface area is 239 Å². The SMILES string of the molecule is C[C@@H]1CN([C@@H](C)CO)C(=O)c2cc(N(C)C)ccc2O[C@@H](C)CCCCO[C@@H]1CN(C)C(=O)Cc1ccccc1. The minimum Gasteiger partial charge on any atom is -0.490 e. The third-order valence-corrected chi connectivity index (χ3v) is 7.63. The zero-order valence-electron chi connectivity index (χ0n) is 25.0. The Balaban J connectivity index is 1.88. The van der Waals surface area contributed by atoms with Crippen molar-refractivity contribution in [3.05, 3.63) is 59.7 Å². The number of nitrogens with zero attached hydrogens (tertiary/aromatic N) is 3. The predicted molar refractivity (Wildman–Crippen MR) is 159 cm³/mol. The van der Waals surface area contributed by atoms with Crippen LogP contribution in [-0.2, 0) is 16.0 Å². The van der Waals surface area contributed by atoms with Crippen LogP contribution in [-0.4, -0.2) is 92.4 Å². The summed E-state index contributed by atoms with van der Waals surface area (Å²) in [6, 6.07) is 15.0. The van der Waals surface area contributed by atoms with Gasteiger partial charge in [-0.1, -0.05) is 37.3 Å². The van der Waals surface area contributed by atoms with Crippen LogP contribution in [0.4, 0.5) is 5.69 Å². The van der Waals surface area contributed by atoms with E-state index in [0.29, 0.717) is 37.4 Å². The molecule has 1 heterocycles. The number of ether oxygens (including phenoxy) is 2. The van der Waals surface area contributed by atoms with Crippen molar-refractivity contribution in [1.29, 1.82) is 0 Å². The summed E-state index contributed by atoms with van der Waals surface area (Å²) in [5.41, 5.74) is 2.35. The van der Waals surface area contributed by atoms with E-state index in [4.69, 9.17) is 9.47 Å². The van der Waals surface area contributed by atoms with Gasteiger partial charge in [-0.15, -0.1) is 0 Å². The van der Waals surface area contributed by atoms with Crippen LogP contribution in [0.25, 0.3) is 0 Å². The van der Waals surface area contributed by atoms with Crippen LogP contribution in [0.2, 0.25) is 0 Å². The molecule has 40 heavy (non-hydrogen) atoms. The Morgan fingerprint density at radius 1 is 1.10 bits per heavy atom.